The van der Waals surface area contributed by atoms with Crippen molar-refractivity contribution in [2.75, 3.05) is 19.3 Å². The number of carboxylic acids is 1. The van der Waals surface area contributed by atoms with E-state index in [9.17, 15) is 14.1 Å². The summed E-state index contributed by atoms with van der Waals surface area (Å²) in [6.45, 7) is 2.79. The van der Waals surface area contributed by atoms with Crippen LogP contribution in [0.25, 0.3) is 0 Å². The van der Waals surface area contributed by atoms with Crippen molar-refractivity contribution >= 4 is 16.8 Å². The molecule has 0 heterocycles. The van der Waals surface area contributed by atoms with Gasteiger partial charge in [0.2, 0.25) is 0 Å². The minimum absolute atomic E-state index is 0.120. The fourth-order valence-corrected chi connectivity index (χ4v) is 1.46. The number of aliphatic hydroxyl groups is 1. The molecule has 0 saturated carbocycles. The van der Waals surface area contributed by atoms with E-state index in [-0.39, 0.29) is 18.2 Å². The number of rotatable bonds is 8. The van der Waals surface area contributed by atoms with Gasteiger partial charge < -0.3 is 15.5 Å². The van der Waals surface area contributed by atoms with E-state index in [1.807, 2.05) is 6.92 Å². The van der Waals surface area contributed by atoms with E-state index in [0.717, 1.165) is 6.42 Å². The molecule has 0 rings (SSSR count). The van der Waals surface area contributed by atoms with Gasteiger partial charge in [-0.1, -0.05) is 6.92 Å². The fourth-order valence-electron chi connectivity index (χ4n) is 1.01. The van der Waals surface area contributed by atoms with Crippen molar-refractivity contribution in [1.29, 1.82) is 0 Å². The molecule has 0 spiro atoms. The molecule has 3 atom stereocenters. The Labute approximate surface area is 92.3 Å². The van der Waals surface area contributed by atoms with Crippen molar-refractivity contribution in [3.05, 3.63) is 0 Å². The second-order valence-corrected chi connectivity index (χ2v) is 5.36. The zero-order valence-electron chi connectivity index (χ0n) is 9.10. The zero-order valence-corrected chi connectivity index (χ0v) is 9.92. The van der Waals surface area contributed by atoms with Gasteiger partial charge in [0, 0.05) is 28.9 Å². The van der Waals surface area contributed by atoms with Crippen molar-refractivity contribution in [2.45, 2.75) is 31.1 Å². The summed E-state index contributed by atoms with van der Waals surface area (Å²) in [6, 6.07) is 0. The Balaban J connectivity index is 3.46. The molecule has 0 radical (unpaired) electrons. The van der Waals surface area contributed by atoms with Crippen molar-refractivity contribution in [2.24, 2.45) is 0 Å². The number of carboxylic acid groups (broad SMARTS) is 1. The van der Waals surface area contributed by atoms with Gasteiger partial charge in [0.1, 0.15) is 0 Å². The van der Waals surface area contributed by atoms with E-state index in [4.69, 9.17) is 5.11 Å². The highest BCUT2D eigenvalue weighted by molar-refractivity contribution is 7.84. The van der Waals surface area contributed by atoms with Crippen LogP contribution in [-0.2, 0) is 15.6 Å². The molecular weight excluding hydrogens is 218 g/mol. The quantitative estimate of drug-likeness (QED) is 0.499. The van der Waals surface area contributed by atoms with Gasteiger partial charge in [0.15, 0.2) is 0 Å². The highest BCUT2D eigenvalue weighted by Crippen LogP contribution is 1.97. The van der Waals surface area contributed by atoms with Gasteiger partial charge in [0.05, 0.1) is 12.5 Å². The SMILES string of the molecule is CC(CCNCC(O)CC(=O)O)S(C)=O. The van der Waals surface area contributed by atoms with Crippen LogP contribution in [0, 0.1) is 0 Å². The summed E-state index contributed by atoms with van der Waals surface area (Å²) < 4.78 is 11.0. The van der Waals surface area contributed by atoms with E-state index in [1.165, 1.54) is 0 Å². The summed E-state index contributed by atoms with van der Waals surface area (Å²) in [4.78, 5) is 10.2. The summed E-state index contributed by atoms with van der Waals surface area (Å²) in [6.07, 6.45) is 1.31. The Kier molecular flexibility index (Phi) is 7.54. The maximum absolute atomic E-state index is 11.0. The lowest BCUT2D eigenvalue weighted by Crippen LogP contribution is -2.30. The molecule has 0 saturated heterocycles. The number of aliphatic hydroxyl groups excluding tert-OH is 1. The van der Waals surface area contributed by atoms with E-state index in [1.54, 1.807) is 6.26 Å². The normalized spacial score (nSPS) is 17.0. The first kappa shape index (κ1) is 14.5. The lowest BCUT2D eigenvalue weighted by Gasteiger charge is -2.11. The maximum atomic E-state index is 11.0. The smallest absolute Gasteiger partial charge is 0.306 e. The molecule has 0 bridgehead atoms. The molecule has 5 nitrogen and oxygen atoms in total. The lowest BCUT2D eigenvalue weighted by atomic mass is 10.2. The Morgan fingerprint density at radius 3 is 2.60 bits per heavy atom. The monoisotopic (exact) mass is 237 g/mol. The first-order valence-corrected chi connectivity index (χ1v) is 6.48. The summed E-state index contributed by atoms with van der Waals surface area (Å²) in [5.74, 6) is -1.01. The van der Waals surface area contributed by atoms with Crippen LogP contribution in [0.3, 0.4) is 0 Å². The average molecular weight is 237 g/mol. The Morgan fingerprint density at radius 1 is 1.53 bits per heavy atom. The molecule has 0 aromatic rings. The van der Waals surface area contributed by atoms with Crippen LogP contribution in [0.4, 0.5) is 0 Å². The number of aliphatic carboxylic acids is 1. The lowest BCUT2D eigenvalue weighted by molar-refractivity contribution is -0.139. The Bertz CT molecular complexity index is 222. The minimum Gasteiger partial charge on any atom is -0.481 e. The molecule has 15 heavy (non-hydrogen) atoms. The molecular formula is C9H19NO4S. The number of nitrogens with one attached hydrogen (secondary N) is 1. The molecule has 0 aliphatic rings. The predicted molar refractivity (Wildman–Crippen MR) is 59.3 cm³/mol. The van der Waals surface area contributed by atoms with Gasteiger partial charge in [-0.15, -0.1) is 0 Å². The van der Waals surface area contributed by atoms with E-state index < -0.39 is 22.9 Å². The molecule has 0 aliphatic heterocycles. The van der Waals surface area contributed by atoms with E-state index in [0.29, 0.717) is 6.54 Å². The van der Waals surface area contributed by atoms with Crippen LogP contribution in [0.1, 0.15) is 19.8 Å². The molecule has 0 aromatic carbocycles. The Hall–Kier alpha value is -0.460. The number of hydrogen-bond acceptors (Lipinski definition) is 4. The highest BCUT2D eigenvalue weighted by atomic mass is 32.2. The van der Waals surface area contributed by atoms with Gasteiger partial charge in [-0.25, -0.2) is 0 Å². The zero-order chi connectivity index (χ0) is 11.8. The van der Waals surface area contributed by atoms with Gasteiger partial charge in [-0.2, -0.15) is 0 Å². The molecule has 0 aliphatic carbocycles. The van der Waals surface area contributed by atoms with Crippen molar-refractivity contribution in [3.8, 4) is 0 Å². The second kappa shape index (κ2) is 7.78. The Morgan fingerprint density at radius 2 is 2.13 bits per heavy atom. The third kappa shape index (κ3) is 8.53. The van der Waals surface area contributed by atoms with E-state index in [2.05, 4.69) is 5.32 Å². The van der Waals surface area contributed by atoms with Crippen molar-refractivity contribution in [1.82, 2.24) is 5.32 Å². The van der Waals surface area contributed by atoms with Gasteiger partial charge in [-0.3, -0.25) is 9.00 Å². The van der Waals surface area contributed by atoms with Gasteiger partial charge in [0.25, 0.3) is 0 Å². The minimum atomic E-state index is -1.01. The topological polar surface area (TPSA) is 86.6 Å². The van der Waals surface area contributed by atoms with Crippen LogP contribution >= 0.6 is 0 Å². The summed E-state index contributed by atoms with van der Waals surface area (Å²) >= 11 is 0. The largest absolute Gasteiger partial charge is 0.481 e. The molecule has 3 N–H and O–H groups in total. The number of hydrogen-bond donors (Lipinski definition) is 3. The molecule has 90 valence electrons. The first-order chi connectivity index (χ1) is 6.93. The van der Waals surface area contributed by atoms with Crippen molar-refractivity contribution in [3.63, 3.8) is 0 Å². The van der Waals surface area contributed by atoms with Crippen LogP contribution < -0.4 is 5.32 Å². The molecule has 0 fully saturated rings. The molecule has 0 aromatic heterocycles. The van der Waals surface area contributed by atoms with Crippen LogP contribution in [0.5, 0.6) is 0 Å². The number of carbonyl (C=O) groups is 1. The van der Waals surface area contributed by atoms with Gasteiger partial charge >= 0.3 is 5.97 Å². The van der Waals surface area contributed by atoms with Crippen LogP contribution in [0.15, 0.2) is 0 Å². The standard InChI is InChI=1S/C9H19NO4S/c1-7(15(2)14)3-4-10-6-8(11)5-9(12)13/h7-8,10-11H,3-6H2,1-2H3,(H,12,13). The molecule has 3 unspecified atom stereocenters. The van der Waals surface area contributed by atoms with E-state index >= 15 is 0 Å². The summed E-state index contributed by atoms with van der Waals surface area (Å²) in [5, 5.41) is 20.6. The third-order valence-corrected chi connectivity index (χ3v) is 3.45. The van der Waals surface area contributed by atoms with Crippen LogP contribution in [0.2, 0.25) is 0 Å². The summed E-state index contributed by atoms with van der Waals surface area (Å²) in [5.41, 5.74) is 0. The average Bonchev–Trinajstić information content (AvgIpc) is 2.10. The summed E-state index contributed by atoms with van der Waals surface area (Å²) in [7, 11) is -0.830. The predicted octanol–water partition coefficient (Wildman–Crippen LogP) is -0.431. The maximum Gasteiger partial charge on any atom is 0.306 e. The third-order valence-electron chi connectivity index (χ3n) is 2.08. The second-order valence-electron chi connectivity index (χ2n) is 3.55. The first-order valence-electron chi connectivity index (χ1n) is 4.86. The highest BCUT2D eigenvalue weighted by Gasteiger charge is 2.09. The molecule has 6 heteroatoms. The molecule has 0 amide bonds. The van der Waals surface area contributed by atoms with Crippen LogP contribution in [-0.4, -0.2) is 51.1 Å². The fraction of sp³-hybridized carbons (Fsp3) is 0.889. The van der Waals surface area contributed by atoms with Crippen molar-refractivity contribution < 1.29 is 19.2 Å². The van der Waals surface area contributed by atoms with Gasteiger partial charge in [-0.05, 0) is 13.0 Å².